The summed E-state index contributed by atoms with van der Waals surface area (Å²) in [6.07, 6.45) is 8.26. The van der Waals surface area contributed by atoms with Gasteiger partial charge in [-0.1, -0.05) is 44.7 Å². The van der Waals surface area contributed by atoms with E-state index in [1.54, 1.807) is 11.0 Å². The third kappa shape index (κ3) is 5.13. The summed E-state index contributed by atoms with van der Waals surface area (Å²) in [7, 11) is 0. The molecule has 4 rings (SSSR count). The highest BCUT2D eigenvalue weighted by Gasteiger charge is 2.32. The van der Waals surface area contributed by atoms with Crippen LogP contribution in [0.2, 0.25) is 0 Å². The predicted octanol–water partition coefficient (Wildman–Crippen LogP) is 5.44. The van der Waals surface area contributed by atoms with Gasteiger partial charge in [0.1, 0.15) is 11.4 Å². The van der Waals surface area contributed by atoms with Crippen LogP contribution in [0.4, 0.5) is 11.8 Å². The van der Waals surface area contributed by atoms with Crippen molar-refractivity contribution in [1.82, 2.24) is 9.55 Å². The zero-order valence-corrected chi connectivity index (χ0v) is 20.8. The molecule has 34 heavy (non-hydrogen) atoms. The second-order valence-electron chi connectivity index (χ2n) is 9.87. The largest absolute Gasteiger partial charge is 0.508 e. The van der Waals surface area contributed by atoms with Crippen LogP contribution in [0, 0.1) is 12.8 Å². The number of carbonyl (C=O) groups is 2. The van der Waals surface area contributed by atoms with Gasteiger partial charge in [-0.05, 0) is 56.2 Å². The third-order valence-electron chi connectivity index (χ3n) is 7.45. The fourth-order valence-corrected chi connectivity index (χ4v) is 5.30. The Morgan fingerprint density at radius 2 is 1.88 bits per heavy atom. The molecule has 7 heteroatoms. The molecule has 1 atom stereocenters. The summed E-state index contributed by atoms with van der Waals surface area (Å²) in [4.78, 5) is 33.5. The van der Waals surface area contributed by atoms with Gasteiger partial charge in [0.15, 0.2) is 11.6 Å². The molecule has 2 N–H and O–H groups in total. The average molecular weight is 467 g/mol. The molecule has 1 unspecified atom stereocenters. The third-order valence-corrected chi connectivity index (χ3v) is 7.45. The molecule has 2 heterocycles. The number of hydrogen-bond donors (Lipinski definition) is 2. The average Bonchev–Trinajstić information content (AvgIpc) is 3.18. The minimum Gasteiger partial charge on any atom is -0.508 e. The van der Waals surface area contributed by atoms with Gasteiger partial charge in [0.05, 0.1) is 6.54 Å². The van der Waals surface area contributed by atoms with Gasteiger partial charge in [-0.25, -0.2) is 0 Å². The van der Waals surface area contributed by atoms with Crippen molar-refractivity contribution in [1.29, 1.82) is 0 Å². The van der Waals surface area contributed by atoms with Crippen molar-refractivity contribution in [3.05, 3.63) is 35.0 Å². The summed E-state index contributed by atoms with van der Waals surface area (Å²) in [5, 5.41) is 13.6. The second kappa shape index (κ2) is 10.6. The number of Topliss-reactive ketones (excluding diaryl/α,β-unsaturated/α-hetero) is 1. The Labute approximate surface area is 202 Å². The van der Waals surface area contributed by atoms with E-state index in [-0.39, 0.29) is 23.4 Å². The number of aromatic nitrogens is 2. The molecule has 0 saturated heterocycles. The standard InChI is InChI=1S/C27H38N4O3/c1-4-19-11-14-23(33)25-26(30(5-2)24(34)16-19)29-27(28-21-9-7-6-8-10-21)31(25)17-20-12-13-22(32)18(3)15-20/h12-13,15,19,21,32H,4-11,14,16-17H2,1-3H3,(H,28,29). The number of aromatic hydroxyl groups is 1. The maximum Gasteiger partial charge on any atom is 0.228 e. The van der Waals surface area contributed by atoms with E-state index in [4.69, 9.17) is 4.98 Å². The fourth-order valence-electron chi connectivity index (χ4n) is 5.30. The van der Waals surface area contributed by atoms with Crippen LogP contribution in [0.1, 0.15) is 93.3 Å². The smallest absolute Gasteiger partial charge is 0.228 e. The van der Waals surface area contributed by atoms with Crippen molar-refractivity contribution < 1.29 is 14.7 Å². The zero-order valence-electron chi connectivity index (χ0n) is 20.8. The van der Waals surface area contributed by atoms with Gasteiger partial charge < -0.3 is 15.0 Å². The maximum atomic E-state index is 13.6. The molecule has 1 aromatic heterocycles. The predicted molar refractivity (Wildman–Crippen MR) is 135 cm³/mol. The molecule has 1 aliphatic heterocycles. The van der Waals surface area contributed by atoms with Crippen molar-refractivity contribution >= 4 is 23.5 Å². The van der Waals surface area contributed by atoms with Gasteiger partial charge in [0.25, 0.3) is 0 Å². The summed E-state index contributed by atoms with van der Waals surface area (Å²) < 4.78 is 1.97. The second-order valence-corrected chi connectivity index (χ2v) is 9.87. The number of ketones is 1. The number of amides is 1. The van der Waals surface area contributed by atoms with Gasteiger partial charge in [-0.15, -0.1) is 0 Å². The van der Waals surface area contributed by atoms with Crippen LogP contribution in [0.5, 0.6) is 5.75 Å². The lowest BCUT2D eigenvalue weighted by Gasteiger charge is -2.24. The van der Waals surface area contributed by atoms with Crippen LogP contribution in [0.15, 0.2) is 18.2 Å². The van der Waals surface area contributed by atoms with Gasteiger partial charge in [-0.2, -0.15) is 4.98 Å². The Kier molecular flexibility index (Phi) is 7.59. The summed E-state index contributed by atoms with van der Waals surface area (Å²) >= 11 is 0. The first-order chi connectivity index (χ1) is 16.4. The van der Waals surface area contributed by atoms with E-state index in [2.05, 4.69) is 12.2 Å². The van der Waals surface area contributed by atoms with E-state index < -0.39 is 0 Å². The molecule has 0 bridgehead atoms. The van der Waals surface area contributed by atoms with E-state index in [9.17, 15) is 14.7 Å². The number of imidazole rings is 1. The van der Waals surface area contributed by atoms with Crippen molar-refractivity contribution in [3.8, 4) is 5.75 Å². The number of rotatable bonds is 6. The van der Waals surface area contributed by atoms with Crippen LogP contribution in [-0.2, 0) is 11.3 Å². The fraction of sp³-hybridized carbons (Fsp3) is 0.593. The molecule has 1 amide bonds. The van der Waals surface area contributed by atoms with E-state index in [1.165, 1.54) is 19.3 Å². The van der Waals surface area contributed by atoms with Gasteiger partial charge in [0.2, 0.25) is 11.9 Å². The maximum absolute atomic E-state index is 13.6. The van der Waals surface area contributed by atoms with Crippen molar-refractivity contribution in [2.24, 2.45) is 5.92 Å². The summed E-state index contributed by atoms with van der Waals surface area (Å²) in [5.41, 5.74) is 2.30. The normalized spacial score (nSPS) is 20.0. The number of phenolic OH excluding ortho intramolecular Hbond substituents is 1. The summed E-state index contributed by atoms with van der Waals surface area (Å²) in [6.45, 7) is 6.83. The number of aryl methyl sites for hydroxylation is 1. The molecule has 1 aliphatic carbocycles. The van der Waals surface area contributed by atoms with Gasteiger partial charge >= 0.3 is 0 Å². The molecular formula is C27H38N4O3. The summed E-state index contributed by atoms with van der Waals surface area (Å²) in [5.74, 6) is 1.70. The number of nitrogens with zero attached hydrogens (tertiary/aromatic N) is 3. The highest BCUT2D eigenvalue weighted by atomic mass is 16.3. The van der Waals surface area contributed by atoms with Gasteiger partial charge in [0, 0.05) is 25.4 Å². The minimum absolute atomic E-state index is 0.0413. The molecule has 1 aromatic carbocycles. The van der Waals surface area contributed by atoms with Crippen molar-refractivity contribution in [2.75, 3.05) is 16.8 Å². The van der Waals surface area contributed by atoms with E-state index >= 15 is 0 Å². The highest BCUT2D eigenvalue weighted by molar-refractivity contribution is 6.05. The Balaban J connectivity index is 1.80. The Hall–Kier alpha value is -2.83. The quantitative estimate of drug-likeness (QED) is 0.592. The number of anilines is 2. The van der Waals surface area contributed by atoms with Gasteiger partial charge in [-0.3, -0.25) is 14.5 Å². The Bertz CT molecular complexity index is 1040. The zero-order chi connectivity index (χ0) is 24.2. The SMILES string of the molecule is CCC1CCC(=O)c2c(nc(NC3CCCCC3)n2Cc2ccc(O)c(C)c2)N(CC)C(=O)C1. The number of phenols is 1. The van der Waals surface area contributed by atoms with E-state index in [1.807, 2.05) is 30.5 Å². The van der Waals surface area contributed by atoms with Crippen molar-refractivity contribution in [2.45, 2.75) is 91.1 Å². The Morgan fingerprint density at radius 3 is 2.56 bits per heavy atom. The lowest BCUT2D eigenvalue weighted by atomic mass is 9.95. The molecule has 2 aliphatic rings. The number of benzene rings is 1. The number of carbonyl (C=O) groups excluding carboxylic acids is 2. The van der Waals surface area contributed by atoms with E-state index in [0.717, 1.165) is 30.4 Å². The Morgan fingerprint density at radius 1 is 1.12 bits per heavy atom. The van der Waals surface area contributed by atoms with Crippen LogP contribution in [0.3, 0.4) is 0 Å². The molecule has 0 radical (unpaired) electrons. The first kappa shape index (κ1) is 24.3. The summed E-state index contributed by atoms with van der Waals surface area (Å²) in [6, 6.07) is 5.84. The molecule has 1 saturated carbocycles. The lowest BCUT2D eigenvalue weighted by molar-refractivity contribution is -0.119. The highest BCUT2D eigenvalue weighted by Crippen LogP contribution is 2.33. The minimum atomic E-state index is 0.0413. The van der Waals surface area contributed by atoms with Crippen LogP contribution < -0.4 is 10.2 Å². The molecular weight excluding hydrogens is 428 g/mol. The molecule has 1 fully saturated rings. The van der Waals surface area contributed by atoms with Crippen LogP contribution >= 0.6 is 0 Å². The lowest BCUT2D eigenvalue weighted by Crippen LogP contribution is -2.33. The molecule has 184 valence electrons. The van der Waals surface area contributed by atoms with Crippen LogP contribution in [0.25, 0.3) is 0 Å². The topological polar surface area (TPSA) is 87.5 Å². The number of fused-ring (bicyclic) bond motifs is 1. The van der Waals surface area contributed by atoms with E-state index in [0.29, 0.717) is 55.9 Å². The van der Waals surface area contributed by atoms with Crippen molar-refractivity contribution in [3.63, 3.8) is 0 Å². The first-order valence-electron chi connectivity index (χ1n) is 12.9. The molecule has 2 aromatic rings. The molecule has 0 spiro atoms. The molecule has 7 nitrogen and oxygen atoms in total. The van der Waals surface area contributed by atoms with Crippen LogP contribution in [-0.4, -0.2) is 38.9 Å². The number of hydrogen-bond acceptors (Lipinski definition) is 5. The number of nitrogens with one attached hydrogen (secondary N) is 1. The first-order valence-corrected chi connectivity index (χ1v) is 12.9. The monoisotopic (exact) mass is 466 g/mol.